The number of hydrogen-bond acceptors (Lipinski definition) is 15. The molecule has 0 aromatic carbocycles. The van der Waals surface area contributed by atoms with Crippen molar-refractivity contribution < 1.29 is 48.3 Å². The molecule has 0 aromatic heterocycles. The van der Waals surface area contributed by atoms with Gasteiger partial charge in [0.25, 0.3) is 0 Å². The molecular formula is C20H34O10S5. The molecule has 0 atom stereocenters. The standard InChI is InChI=1S/C20H34O10S5/c21-13-34-15-29-19(25)3-9-31-7-1-17(23)27-5-11-33-12-6-28-18(24)2-8-32-10-4-20(26)30-16-35-14-22/h21-22H,1-16H2. The van der Waals surface area contributed by atoms with Crippen molar-refractivity contribution in [3.05, 3.63) is 0 Å². The van der Waals surface area contributed by atoms with Gasteiger partial charge in [-0.1, -0.05) is 23.5 Å². The Morgan fingerprint density at radius 3 is 1.11 bits per heavy atom. The Morgan fingerprint density at radius 2 is 0.771 bits per heavy atom. The summed E-state index contributed by atoms with van der Waals surface area (Å²) in [5, 5.41) is 17.1. The van der Waals surface area contributed by atoms with Crippen LogP contribution in [-0.4, -0.2) is 106 Å². The van der Waals surface area contributed by atoms with Crippen molar-refractivity contribution in [1.82, 2.24) is 0 Å². The highest BCUT2D eigenvalue weighted by atomic mass is 32.2. The normalized spacial score (nSPS) is 10.6. The zero-order valence-electron chi connectivity index (χ0n) is 19.5. The Balaban J connectivity index is 3.41. The topological polar surface area (TPSA) is 146 Å². The van der Waals surface area contributed by atoms with Crippen LogP contribution in [-0.2, 0) is 38.1 Å². The van der Waals surface area contributed by atoms with Gasteiger partial charge in [0.1, 0.15) is 25.1 Å². The lowest BCUT2D eigenvalue weighted by molar-refractivity contribution is -0.143. The quantitative estimate of drug-likeness (QED) is 0.0728. The summed E-state index contributed by atoms with van der Waals surface area (Å²) >= 11 is 6.68. The number of ether oxygens (including phenoxy) is 4. The highest BCUT2D eigenvalue weighted by Crippen LogP contribution is 2.09. The van der Waals surface area contributed by atoms with E-state index >= 15 is 0 Å². The molecule has 15 heteroatoms. The van der Waals surface area contributed by atoms with Crippen molar-refractivity contribution in [3.63, 3.8) is 0 Å². The monoisotopic (exact) mass is 594 g/mol. The fraction of sp³-hybridized carbons (Fsp3) is 0.800. The summed E-state index contributed by atoms with van der Waals surface area (Å²) < 4.78 is 20.0. The maximum Gasteiger partial charge on any atom is 0.307 e. The molecule has 35 heavy (non-hydrogen) atoms. The fourth-order valence-corrected chi connectivity index (χ4v) is 4.77. The second-order valence-electron chi connectivity index (χ2n) is 6.21. The van der Waals surface area contributed by atoms with E-state index in [2.05, 4.69) is 0 Å². The average molecular weight is 595 g/mol. The highest BCUT2D eigenvalue weighted by molar-refractivity contribution is 8.00. The zero-order chi connectivity index (χ0) is 26.0. The Labute approximate surface area is 227 Å². The molecule has 0 fully saturated rings. The molecule has 10 nitrogen and oxygen atoms in total. The summed E-state index contributed by atoms with van der Waals surface area (Å²) in [6.07, 6.45) is 1.05. The molecule has 2 N–H and O–H groups in total. The van der Waals surface area contributed by atoms with Crippen molar-refractivity contribution >= 4 is 82.7 Å². The van der Waals surface area contributed by atoms with Gasteiger partial charge in [-0.05, 0) is 0 Å². The lowest BCUT2D eigenvalue weighted by Crippen LogP contribution is -2.11. The summed E-state index contributed by atoms with van der Waals surface area (Å²) in [5.74, 6) is 2.32. The molecule has 0 bridgehead atoms. The molecule has 0 saturated heterocycles. The Kier molecular flexibility index (Phi) is 26.3. The van der Waals surface area contributed by atoms with Crippen LogP contribution in [0.2, 0.25) is 0 Å². The number of esters is 4. The summed E-state index contributed by atoms with van der Waals surface area (Å²) in [6, 6.07) is 0. The highest BCUT2D eigenvalue weighted by Gasteiger charge is 2.07. The van der Waals surface area contributed by atoms with Crippen molar-refractivity contribution in [1.29, 1.82) is 0 Å². The molecule has 0 aromatic rings. The molecule has 0 saturated carbocycles. The van der Waals surface area contributed by atoms with Gasteiger partial charge in [0.2, 0.25) is 0 Å². The number of carbonyl (C=O) groups is 4. The van der Waals surface area contributed by atoms with Gasteiger partial charge in [0, 0.05) is 34.5 Å². The number of thioether (sulfide) groups is 5. The first kappa shape index (κ1) is 34.6. The van der Waals surface area contributed by atoms with Crippen LogP contribution in [0.5, 0.6) is 0 Å². The minimum atomic E-state index is -0.327. The third-order valence-electron chi connectivity index (χ3n) is 3.57. The van der Waals surface area contributed by atoms with E-state index < -0.39 is 0 Å². The molecule has 0 rings (SSSR count). The molecule has 0 aliphatic carbocycles. The summed E-state index contributed by atoms with van der Waals surface area (Å²) in [7, 11) is 0. The Morgan fingerprint density at radius 1 is 0.457 bits per heavy atom. The SMILES string of the molecule is O=C(CCSCCC(=O)OCSCO)OCCSCCOC(=O)CCSCCC(=O)OCSCO. The van der Waals surface area contributed by atoms with Crippen molar-refractivity contribution in [2.45, 2.75) is 25.7 Å². The Hall–Kier alpha value is -0.450. The maximum atomic E-state index is 11.7. The van der Waals surface area contributed by atoms with Gasteiger partial charge in [-0.15, -0.1) is 0 Å². The van der Waals surface area contributed by atoms with E-state index in [1.807, 2.05) is 0 Å². The van der Waals surface area contributed by atoms with E-state index in [-0.39, 0.29) is 86.5 Å². The molecule has 0 aliphatic rings. The number of aliphatic hydroxyl groups is 2. The molecule has 0 heterocycles. The van der Waals surface area contributed by atoms with E-state index in [1.165, 1.54) is 35.3 Å². The van der Waals surface area contributed by atoms with Gasteiger partial charge >= 0.3 is 23.9 Å². The molecule has 0 radical (unpaired) electrons. The van der Waals surface area contributed by atoms with Crippen LogP contribution in [0, 0.1) is 0 Å². The van der Waals surface area contributed by atoms with Crippen molar-refractivity contribution in [2.24, 2.45) is 0 Å². The van der Waals surface area contributed by atoms with Crippen LogP contribution in [0.1, 0.15) is 25.7 Å². The summed E-state index contributed by atoms with van der Waals surface area (Å²) in [5.41, 5.74) is 0. The second kappa shape index (κ2) is 26.6. The lowest BCUT2D eigenvalue weighted by atomic mass is 10.5. The van der Waals surface area contributed by atoms with Crippen molar-refractivity contribution in [3.8, 4) is 0 Å². The van der Waals surface area contributed by atoms with Crippen molar-refractivity contribution in [2.75, 3.05) is 71.5 Å². The first-order valence-electron chi connectivity index (χ1n) is 10.7. The molecule has 0 aliphatic heterocycles. The predicted octanol–water partition coefficient (Wildman–Crippen LogP) is 2.20. The van der Waals surface area contributed by atoms with Crippen LogP contribution >= 0.6 is 58.8 Å². The number of aliphatic hydroxyl groups excluding tert-OH is 2. The number of rotatable bonds is 24. The summed E-state index contributed by atoms with van der Waals surface area (Å²) in [6.45, 7) is 0.573. The second-order valence-corrected chi connectivity index (χ2v) is 11.7. The van der Waals surface area contributed by atoms with E-state index in [9.17, 15) is 19.2 Å². The zero-order valence-corrected chi connectivity index (χ0v) is 23.6. The van der Waals surface area contributed by atoms with E-state index in [4.69, 9.17) is 29.2 Å². The molecule has 0 amide bonds. The van der Waals surface area contributed by atoms with Gasteiger partial charge in [-0.25, -0.2) is 0 Å². The minimum Gasteiger partial charge on any atom is -0.465 e. The third-order valence-corrected chi connectivity index (χ3v) is 7.39. The van der Waals surface area contributed by atoms with Crippen LogP contribution in [0.25, 0.3) is 0 Å². The average Bonchev–Trinajstić information content (AvgIpc) is 2.83. The number of carbonyl (C=O) groups excluding carboxylic acids is 4. The maximum absolute atomic E-state index is 11.7. The first-order chi connectivity index (χ1) is 17.0. The van der Waals surface area contributed by atoms with Gasteiger partial charge in [-0.2, -0.15) is 35.3 Å². The first-order valence-corrected chi connectivity index (χ1v) is 16.5. The van der Waals surface area contributed by atoms with Gasteiger partial charge in [0.05, 0.1) is 37.6 Å². The largest absolute Gasteiger partial charge is 0.465 e. The number of hydrogen-bond donors (Lipinski definition) is 2. The fourth-order valence-electron chi connectivity index (χ4n) is 1.94. The minimum absolute atomic E-state index is 0.0908. The van der Waals surface area contributed by atoms with Crippen LogP contribution in [0.4, 0.5) is 0 Å². The predicted molar refractivity (Wildman–Crippen MR) is 144 cm³/mol. The van der Waals surface area contributed by atoms with Gasteiger partial charge in [0.15, 0.2) is 0 Å². The molecular weight excluding hydrogens is 561 g/mol. The molecule has 204 valence electrons. The van der Waals surface area contributed by atoms with Crippen LogP contribution < -0.4 is 0 Å². The van der Waals surface area contributed by atoms with Crippen LogP contribution in [0.15, 0.2) is 0 Å². The Bertz CT molecular complexity index is 534. The van der Waals surface area contributed by atoms with Crippen LogP contribution in [0.3, 0.4) is 0 Å². The summed E-state index contributed by atoms with van der Waals surface area (Å²) in [4.78, 5) is 46.0. The van der Waals surface area contributed by atoms with E-state index in [1.54, 1.807) is 0 Å². The van der Waals surface area contributed by atoms with E-state index in [0.29, 0.717) is 34.5 Å². The lowest BCUT2D eigenvalue weighted by Gasteiger charge is -2.06. The molecule has 0 spiro atoms. The third kappa shape index (κ3) is 26.4. The van der Waals surface area contributed by atoms with Gasteiger partial charge in [-0.3, -0.25) is 19.2 Å². The van der Waals surface area contributed by atoms with E-state index in [0.717, 1.165) is 23.5 Å². The van der Waals surface area contributed by atoms with Gasteiger partial charge < -0.3 is 29.2 Å². The molecule has 0 unspecified atom stereocenters. The smallest absolute Gasteiger partial charge is 0.307 e.